The normalized spacial score (nSPS) is 18.8. The highest BCUT2D eigenvalue weighted by atomic mass is 31.2. The van der Waals surface area contributed by atoms with Crippen molar-refractivity contribution in [3.63, 3.8) is 0 Å². The highest BCUT2D eigenvalue weighted by Gasteiger charge is 2.41. The standard InChI is InChI=1S/C24H23OP/c1-2-3-18-26(25)22-17-11-10-16-21(22)23(19-12-6-4-7-13-19)24(26)20-14-8-5-9-15-20/h4-17H,2-3,18H2,1H3. The molecule has 26 heavy (non-hydrogen) atoms. The van der Waals surface area contributed by atoms with E-state index >= 15 is 0 Å². The van der Waals surface area contributed by atoms with E-state index in [0.717, 1.165) is 51.9 Å². The number of hydrogen-bond donors (Lipinski definition) is 0. The second kappa shape index (κ2) is 7.09. The Bertz CT molecular complexity index is 987. The zero-order chi connectivity index (χ0) is 18.0. The van der Waals surface area contributed by atoms with Gasteiger partial charge in [-0.15, -0.1) is 0 Å². The minimum atomic E-state index is -2.65. The monoisotopic (exact) mass is 358 g/mol. The van der Waals surface area contributed by atoms with Crippen LogP contribution in [0, 0.1) is 0 Å². The van der Waals surface area contributed by atoms with Crippen LogP contribution in [0.5, 0.6) is 0 Å². The average molecular weight is 358 g/mol. The van der Waals surface area contributed by atoms with Crippen molar-refractivity contribution >= 4 is 23.3 Å². The van der Waals surface area contributed by atoms with Gasteiger partial charge in [-0.3, -0.25) is 0 Å². The van der Waals surface area contributed by atoms with E-state index in [4.69, 9.17) is 0 Å². The van der Waals surface area contributed by atoms with Gasteiger partial charge in [0, 0.05) is 22.4 Å². The molecule has 0 saturated heterocycles. The fourth-order valence-electron chi connectivity index (χ4n) is 3.89. The molecule has 1 aliphatic rings. The summed E-state index contributed by atoms with van der Waals surface area (Å²) in [4.78, 5) is 0. The zero-order valence-electron chi connectivity index (χ0n) is 15.1. The first-order chi connectivity index (χ1) is 12.8. The van der Waals surface area contributed by atoms with Crippen LogP contribution in [0.1, 0.15) is 36.5 Å². The van der Waals surface area contributed by atoms with Crippen molar-refractivity contribution in [2.75, 3.05) is 6.16 Å². The predicted octanol–water partition coefficient (Wildman–Crippen LogP) is 6.41. The lowest BCUT2D eigenvalue weighted by Gasteiger charge is -2.19. The van der Waals surface area contributed by atoms with Gasteiger partial charge in [-0.05, 0) is 23.1 Å². The third kappa shape index (κ3) is 2.77. The van der Waals surface area contributed by atoms with E-state index < -0.39 is 7.14 Å². The van der Waals surface area contributed by atoms with E-state index in [1.165, 1.54) is 0 Å². The molecule has 1 unspecified atom stereocenters. The van der Waals surface area contributed by atoms with Gasteiger partial charge in [0.15, 0.2) is 0 Å². The van der Waals surface area contributed by atoms with Crippen LogP contribution in [0.15, 0.2) is 84.9 Å². The number of fused-ring (bicyclic) bond motifs is 1. The molecule has 1 aliphatic heterocycles. The summed E-state index contributed by atoms with van der Waals surface area (Å²) in [5.74, 6) is 0. The summed E-state index contributed by atoms with van der Waals surface area (Å²) in [7, 11) is -2.65. The Kier molecular flexibility index (Phi) is 4.66. The molecule has 1 atom stereocenters. The number of rotatable bonds is 5. The van der Waals surface area contributed by atoms with Crippen molar-refractivity contribution in [2.45, 2.75) is 19.8 Å². The molecule has 3 aromatic rings. The van der Waals surface area contributed by atoms with Crippen molar-refractivity contribution < 1.29 is 4.57 Å². The van der Waals surface area contributed by atoms with Crippen LogP contribution in [0.4, 0.5) is 0 Å². The Morgan fingerprint density at radius 2 is 1.31 bits per heavy atom. The lowest BCUT2D eigenvalue weighted by molar-refractivity contribution is 0.585. The lowest BCUT2D eigenvalue weighted by atomic mass is 9.96. The summed E-state index contributed by atoms with van der Waals surface area (Å²) >= 11 is 0. The van der Waals surface area contributed by atoms with Crippen LogP contribution in [-0.4, -0.2) is 6.16 Å². The van der Waals surface area contributed by atoms with Crippen LogP contribution in [-0.2, 0) is 4.57 Å². The number of unbranched alkanes of at least 4 members (excludes halogenated alkanes) is 1. The molecule has 1 nitrogen and oxygen atoms in total. The van der Waals surface area contributed by atoms with E-state index in [2.05, 4.69) is 61.5 Å². The maximum atomic E-state index is 14.5. The smallest absolute Gasteiger partial charge is 0.145 e. The van der Waals surface area contributed by atoms with Gasteiger partial charge in [0.2, 0.25) is 0 Å². The Balaban J connectivity index is 2.06. The molecule has 2 heteroatoms. The van der Waals surface area contributed by atoms with Gasteiger partial charge in [0.25, 0.3) is 0 Å². The van der Waals surface area contributed by atoms with Crippen molar-refractivity contribution in [2.24, 2.45) is 0 Å². The van der Waals surface area contributed by atoms with Crippen LogP contribution in [0.25, 0.3) is 10.9 Å². The van der Waals surface area contributed by atoms with Gasteiger partial charge < -0.3 is 4.57 Å². The van der Waals surface area contributed by atoms with Gasteiger partial charge in [0.1, 0.15) is 7.14 Å². The van der Waals surface area contributed by atoms with E-state index in [-0.39, 0.29) is 0 Å². The van der Waals surface area contributed by atoms with Crippen LogP contribution >= 0.6 is 7.14 Å². The fourth-order valence-corrected chi connectivity index (χ4v) is 7.43. The summed E-state index contributed by atoms with van der Waals surface area (Å²) < 4.78 is 14.5. The molecule has 1 heterocycles. The molecule has 0 saturated carbocycles. The summed E-state index contributed by atoms with van der Waals surface area (Å²) in [6.07, 6.45) is 2.76. The molecule has 0 amide bonds. The first-order valence-electron chi connectivity index (χ1n) is 9.30. The third-order valence-corrected chi connectivity index (χ3v) is 8.42. The zero-order valence-corrected chi connectivity index (χ0v) is 16.0. The van der Waals surface area contributed by atoms with Crippen molar-refractivity contribution in [1.82, 2.24) is 0 Å². The van der Waals surface area contributed by atoms with Gasteiger partial charge in [-0.2, -0.15) is 0 Å². The minimum Gasteiger partial charge on any atom is -0.314 e. The summed E-state index contributed by atoms with van der Waals surface area (Å²) in [6.45, 7) is 2.16. The maximum absolute atomic E-state index is 14.5. The van der Waals surface area contributed by atoms with Crippen LogP contribution in [0.3, 0.4) is 0 Å². The third-order valence-electron chi connectivity index (χ3n) is 5.10. The van der Waals surface area contributed by atoms with E-state index in [1.54, 1.807) is 0 Å². The highest BCUT2D eigenvalue weighted by Crippen LogP contribution is 2.66. The molecule has 0 aromatic heterocycles. The molecule has 3 aromatic carbocycles. The Labute approximate surface area is 155 Å². The van der Waals surface area contributed by atoms with Crippen LogP contribution in [0.2, 0.25) is 0 Å². The molecule has 0 N–H and O–H groups in total. The number of benzene rings is 3. The second-order valence-electron chi connectivity index (χ2n) is 6.79. The van der Waals surface area contributed by atoms with Gasteiger partial charge in [0.05, 0.1) is 0 Å². The highest BCUT2D eigenvalue weighted by molar-refractivity contribution is 7.82. The SMILES string of the molecule is CCCCP1(=O)C(c2ccccc2)=C(c2ccccc2)c2ccccc21. The minimum absolute atomic E-state index is 0.737. The summed E-state index contributed by atoms with van der Waals surface area (Å²) in [6, 6.07) is 29.0. The Morgan fingerprint density at radius 3 is 1.96 bits per heavy atom. The maximum Gasteiger partial charge on any atom is 0.145 e. The Morgan fingerprint density at radius 1 is 0.731 bits per heavy atom. The average Bonchev–Trinajstić information content (AvgIpc) is 2.97. The second-order valence-corrected chi connectivity index (χ2v) is 9.65. The van der Waals surface area contributed by atoms with E-state index in [0.29, 0.717) is 0 Å². The molecular formula is C24H23OP. The first kappa shape index (κ1) is 17.1. The fraction of sp³-hybridized carbons (Fsp3) is 0.167. The molecular weight excluding hydrogens is 335 g/mol. The summed E-state index contributed by atoms with van der Waals surface area (Å²) in [5.41, 5.74) is 4.51. The molecule has 4 rings (SSSR count). The van der Waals surface area contributed by atoms with Gasteiger partial charge in [-0.1, -0.05) is 98.3 Å². The van der Waals surface area contributed by atoms with E-state index in [1.807, 2.05) is 30.3 Å². The predicted molar refractivity (Wildman–Crippen MR) is 112 cm³/mol. The lowest BCUT2D eigenvalue weighted by Crippen LogP contribution is -2.07. The van der Waals surface area contributed by atoms with Crippen molar-refractivity contribution in [3.05, 3.63) is 102 Å². The first-order valence-corrected chi connectivity index (χ1v) is 11.2. The van der Waals surface area contributed by atoms with E-state index in [9.17, 15) is 4.57 Å². The summed E-state index contributed by atoms with van der Waals surface area (Å²) in [5, 5.41) is 2.07. The van der Waals surface area contributed by atoms with Gasteiger partial charge >= 0.3 is 0 Å². The molecule has 0 radical (unpaired) electrons. The quantitative estimate of drug-likeness (QED) is 0.482. The molecule has 0 aliphatic carbocycles. The molecule has 0 fully saturated rings. The van der Waals surface area contributed by atoms with Crippen molar-refractivity contribution in [1.29, 1.82) is 0 Å². The number of hydrogen-bond acceptors (Lipinski definition) is 1. The molecule has 0 bridgehead atoms. The van der Waals surface area contributed by atoms with Crippen molar-refractivity contribution in [3.8, 4) is 0 Å². The largest absolute Gasteiger partial charge is 0.314 e. The van der Waals surface area contributed by atoms with Crippen LogP contribution < -0.4 is 5.30 Å². The molecule has 130 valence electrons. The topological polar surface area (TPSA) is 17.1 Å². The Hall–Kier alpha value is -2.37. The molecule has 0 spiro atoms. The van der Waals surface area contributed by atoms with Gasteiger partial charge in [-0.25, -0.2) is 0 Å².